The van der Waals surface area contributed by atoms with Gasteiger partial charge in [0.25, 0.3) is 0 Å². The molecular weight excluding hydrogens is 228 g/mol. The van der Waals surface area contributed by atoms with Crippen molar-refractivity contribution in [1.29, 1.82) is 0 Å². The molecule has 0 bridgehead atoms. The van der Waals surface area contributed by atoms with Crippen LogP contribution in [0.3, 0.4) is 0 Å². The smallest absolute Gasteiger partial charge is 0.169 e. The van der Waals surface area contributed by atoms with Gasteiger partial charge in [0.2, 0.25) is 0 Å². The van der Waals surface area contributed by atoms with E-state index in [9.17, 15) is 4.79 Å². The lowest BCUT2D eigenvalue weighted by Gasteiger charge is -2.07. The predicted molar refractivity (Wildman–Crippen MR) is 71.0 cm³/mol. The van der Waals surface area contributed by atoms with Crippen LogP contribution >= 0.6 is 0 Å². The fourth-order valence-corrected chi connectivity index (χ4v) is 1.20. The zero-order valence-electron chi connectivity index (χ0n) is 10.1. The van der Waals surface area contributed by atoms with E-state index < -0.39 is 0 Å². The molecule has 0 amide bonds. The van der Waals surface area contributed by atoms with Crippen molar-refractivity contribution in [3.63, 3.8) is 0 Å². The van der Waals surface area contributed by atoms with Crippen molar-refractivity contribution in [2.45, 2.75) is 0 Å². The summed E-state index contributed by atoms with van der Waals surface area (Å²) in [5, 5.41) is 0. The molecule has 0 radical (unpaired) electrons. The first kappa shape index (κ1) is 13.6. The van der Waals surface area contributed by atoms with Crippen LogP contribution in [0.5, 0.6) is 11.5 Å². The molecule has 0 saturated carbocycles. The van der Waals surface area contributed by atoms with E-state index in [1.54, 1.807) is 49.6 Å². The Kier molecular flexibility index (Phi) is 5.81. The molecule has 0 spiro atoms. The van der Waals surface area contributed by atoms with Crippen LogP contribution in [0.4, 0.5) is 0 Å². The molecule has 3 nitrogen and oxygen atoms in total. The van der Waals surface area contributed by atoms with Crippen LogP contribution in [0.2, 0.25) is 0 Å². The van der Waals surface area contributed by atoms with E-state index in [4.69, 9.17) is 9.47 Å². The molecule has 92 valence electrons. The summed E-state index contributed by atoms with van der Waals surface area (Å²) in [7, 11) is 1.54. The number of benzene rings is 1. The number of hydrogen-bond acceptors (Lipinski definition) is 3. The number of hydrogen-bond donors (Lipinski definition) is 0. The summed E-state index contributed by atoms with van der Waals surface area (Å²) in [6, 6.07) is 4.96. The molecule has 1 rings (SSSR count). The van der Waals surface area contributed by atoms with Gasteiger partial charge >= 0.3 is 0 Å². The van der Waals surface area contributed by atoms with E-state index in [1.807, 2.05) is 0 Å². The minimum atomic E-state index is 0.492. The van der Waals surface area contributed by atoms with Crippen molar-refractivity contribution in [1.82, 2.24) is 0 Å². The summed E-state index contributed by atoms with van der Waals surface area (Å²) in [5.41, 5.74) is 3.15. The average molecular weight is 242 g/mol. The molecule has 0 aliphatic carbocycles. The first-order chi connectivity index (χ1) is 8.81. The maximum atomic E-state index is 10.7. The number of allylic oxidation sites excluding steroid dienone is 4. The van der Waals surface area contributed by atoms with Crippen molar-refractivity contribution in [2.24, 2.45) is 0 Å². The zero-order valence-corrected chi connectivity index (χ0v) is 10.1. The van der Waals surface area contributed by atoms with E-state index in [0.717, 1.165) is 6.29 Å². The van der Waals surface area contributed by atoms with Crippen LogP contribution < -0.4 is 9.47 Å². The van der Waals surface area contributed by atoms with Crippen molar-refractivity contribution in [3.8, 4) is 11.5 Å². The summed E-state index contributed by atoms with van der Waals surface area (Å²) in [5.74, 6) is 1.06. The second-order valence-corrected chi connectivity index (χ2v) is 3.23. The van der Waals surface area contributed by atoms with Gasteiger partial charge in [-0.25, -0.2) is 0 Å². The van der Waals surface area contributed by atoms with Crippen molar-refractivity contribution < 1.29 is 14.3 Å². The van der Waals surface area contributed by atoms with Crippen LogP contribution in [0.15, 0.2) is 61.1 Å². The van der Waals surface area contributed by atoms with Crippen LogP contribution in [0, 0.1) is 0 Å². The Labute approximate surface area is 106 Å². The van der Waals surface area contributed by atoms with Gasteiger partial charge in [0.1, 0.15) is 6.29 Å². The fourth-order valence-electron chi connectivity index (χ4n) is 1.20. The molecule has 0 saturated heterocycles. The fraction of sp³-hybridized carbons (Fsp3) is 0.0667. The normalized spacial score (nSPS) is 10.3. The van der Waals surface area contributed by atoms with E-state index in [2.05, 4.69) is 12.3 Å². The monoisotopic (exact) mass is 242 g/mol. The van der Waals surface area contributed by atoms with Gasteiger partial charge in [0.15, 0.2) is 11.5 Å². The highest BCUT2D eigenvalue weighted by atomic mass is 16.5. The zero-order chi connectivity index (χ0) is 13.2. The van der Waals surface area contributed by atoms with Gasteiger partial charge in [0.05, 0.1) is 13.4 Å². The maximum Gasteiger partial charge on any atom is 0.169 e. The molecule has 0 aromatic heterocycles. The summed E-state index contributed by atoms with van der Waals surface area (Å²) < 4.78 is 10.5. The highest BCUT2D eigenvalue weighted by Crippen LogP contribution is 2.27. The Morgan fingerprint density at radius 2 is 2.06 bits per heavy atom. The van der Waals surface area contributed by atoms with Crippen LogP contribution in [0.1, 0.15) is 10.4 Å². The second-order valence-electron chi connectivity index (χ2n) is 3.23. The highest BCUT2D eigenvalue weighted by Gasteiger charge is 2.03. The number of rotatable bonds is 6. The van der Waals surface area contributed by atoms with Crippen molar-refractivity contribution >= 4 is 6.29 Å². The number of aldehydes is 1. The molecule has 0 atom stereocenters. The SMILES string of the molecule is C=C=C/C=C/C=C/Oc1cc(C=O)ccc1OC. The van der Waals surface area contributed by atoms with Gasteiger partial charge in [-0.05, 0) is 30.4 Å². The highest BCUT2D eigenvalue weighted by molar-refractivity contribution is 5.76. The Balaban J connectivity index is 2.76. The molecule has 0 heterocycles. The number of carbonyl (C=O) groups excluding carboxylic acids is 1. The molecule has 0 unspecified atom stereocenters. The molecule has 0 fully saturated rings. The van der Waals surface area contributed by atoms with Crippen molar-refractivity contribution in [3.05, 3.63) is 66.6 Å². The topological polar surface area (TPSA) is 35.5 Å². The summed E-state index contributed by atoms with van der Waals surface area (Å²) >= 11 is 0. The third kappa shape index (κ3) is 4.16. The van der Waals surface area contributed by atoms with E-state index in [0.29, 0.717) is 17.1 Å². The molecule has 0 N–H and O–H groups in total. The molecule has 1 aromatic carbocycles. The lowest BCUT2D eigenvalue weighted by molar-refractivity contribution is 0.112. The first-order valence-corrected chi connectivity index (χ1v) is 5.29. The summed E-state index contributed by atoms with van der Waals surface area (Å²) in [6.45, 7) is 3.43. The van der Waals surface area contributed by atoms with Gasteiger partial charge < -0.3 is 9.47 Å². The third-order valence-electron chi connectivity index (χ3n) is 2.03. The Bertz CT molecular complexity index is 506. The average Bonchev–Trinajstić information content (AvgIpc) is 2.42. The third-order valence-corrected chi connectivity index (χ3v) is 2.03. The largest absolute Gasteiger partial charge is 0.493 e. The van der Waals surface area contributed by atoms with Gasteiger partial charge in [-0.3, -0.25) is 4.79 Å². The first-order valence-electron chi connectivity index (χ1n) is 5.29. The Morgan fingerprint density at radius 1 is 1.22 bits per heavy atom. The second kappa shape index (κ2) is 7.71. The molecule has 0 aliphatic heterocycles. The molecule has 1 aromatic rings. The minimum Gasteiger partial charge on any atom is -0.493 e. The van der Waals surface area contributed by atoms with E-state index in [1.165, 1.54) is 6.26 Å². The van der Waals surface area contributed by atoms with Crippen molar-refractivity contribution in [2.75, 3.05) is 7.11 Å². The molecule has 0 aliphatic rings. The molecule has 18 heavy (non-hydrogen) atoms. The molecule has 3 heteroatoms. The summed E-state index contributed by atoms with van der Waals surface area (Å²) in [6.07, 6.45) is 9.18. The van der Waals surface area contributed by atoms with Gasteiger partial charge in [-0.15, -0.1) is 5.73 Å². The summed E-state index contributed by atoms with van der Waals surface area (Å²) in [4.78, 5) is 10.7. The van der Waals surface area contributed by atoms with Crippen LogP contribution in [0.25, 0.3) is 0 Å². The standard InChI is InChI=1S/C15H14O3/c1-3-4-5-6-7-10-18-15-11-13(12-16)8-9-14(15)17-2/h4-12H,1H2,2H3/b6-5+,10-7+. The number of methoxy groups -OCH3 is 1. The number of carbonyl (C=O) groups is 1. The van der Waals surface area contributed by atoms with Crippen LogP contribution in [-0.4, -0.2) is 13.4 Å². The Hall–Kier alpha value is -2.51. The maximum absolute atomic E-state index is 10.7. The minimum absolute atomic E-state index is 0.492. The lowest BCUT2D eigenvalue weighted by atomic mass is 10.2. The predicted octanol–water partition coefficient (Wildman–Crippen LogP) is 3.30. The molecular formula is C15H14O3. The van der Waals surface area contributed by atoms with Crippen LogP contribution in [-0.2, 0) is 0 Å². The van der Waals surface area contributed by atoms with Gasteiger partial charge in [0, 0.05) is 5.56 Å². The lowest BCUT2D eigenvalue weighted by Crippen LogP contribution is -1.91. The van der Waals surface area contributed by atoms with E-state index >= 15 is 0 Å². The van der Waals surface area contributed by atoms with E-state index in [-0.39, 0.29) is 0 Å². The van der Waals surface area contributed by atoms with Gasteiger partial charge in [-0.2, -0.15) is 0 Å². The number of ether oxygens (including phenoxy) is 2. The Morgan fingerprint density at radius 3 is 2.72 bits per heavy atom. The van der Waals surface area contributed by atoms with Gasteiger partial charge in [-0.1, -0.05) is 18.7 Å². The quantitative estimate of drug-likeness (QED) is 0.332.